The van der Waals surface area contributed by atoms with E-state index in [2.05, 4.69) is 9.97 Å². The molecular formula is C29H27N3O6. The Hall–Kier alpha value is -4.79. The maximum absolute atomic E-state index is 13.6. The van der Waals surface area contributed by atoms with Crippen molar-refractivity contribution in [3.63, 3.8) is 0 Å². The summed E-state index contributed by atoms with van der Waals surface area (Å²) >= 11 is 0. The van der Waals surface area contributed by atoms with Crippen LogP contribution >= 0.6 is 0 Å². The second-order valence-electron chi connectivity index (χ2n) is 9.02. The number of carbonyl (C=O) groups is 2. The number of fused-ring (bicyclic) bond motifs is 1. The van der Waals surface area contributed by atoms with Crippen LogP contribution in [0.15, 0.2) is 72.3 Å². The van der Waals surface area contributed by atoms with Crippen molar-refractivity contribution in [2.75, 3.05) is 19.1 Å². The standard InChI is InChI=1S/C29H27N3O6/c1-16(2)38-18-14-12-17(13-15-18)25-24(26(33)23-21(36-3)10-7-11-22(23)37-4)27(34)28(35)32(25)29-30-19-8-5-6-9-20(19)31-29/h5-16,25,33H,1-4H3,(H,30,31)/b26-24+. The second kappa shape index (κ2) is 9.93. The van der Waals surface area contributed by atoms with Gasteiger partial charge in [0.1, 0.15) is 28.6 Å². The molecule has 9 heteroatoms. The van der Waals surface area contributed by atoms with E-state index in [9.17, 15) is 14.7 Å². The summed E-state index contributed by atoms with van der Waals surface area (Å²) in [5.74, 6) is -0.700. The molecule has 9 nitrogen and oxygen atoms in total. The van der Waals surface area contributed by atoms with E-state index in [4.69, 9.17) is 14.2 Å². The van der Waals surface area contributed by atoms with Crippen LogP contribution in [0.1, 0.15) is 31.0 Å². The third-order valence-electron chi connectivity index (χ3n) is 6.28. The van der Waals surface area contributed by atoms with Crippen LogP contribution < -0.4 is 19.1 Å². The Morgan fingerprint density at radius 2 is 1.61 bits per heavy atom. The molecule has 0 bridgehead atoms. The van der Waals surface area contributed by atoms with E-state index in [1.807, 2.05) is 32.0 Å². The third kappa shape index (κ3) is 4.21. The number of nitrogens with one attached hydrogen (secondary N) is 1. The Morgan fingerprint density at radius 3 is 2.21 bits per heavy atom. The van der Waals surface area contributed by atoms with Gasteiger partial charge in [0.2, 0.25) is 5.95 Å². The van der Waals surface area contributed by atoms with Crippen LogP contribution in [-0.2, 0) is 9.59 Å². The highest BCUT2D eigenvalue weighted by Gasteiger charge is 2.48. The number of Topliss-reactive ketones (excluding diaryl/α,β-unsaturated/α-hetero) is 1. The minimum Gasteiger partial charge on any atom is -0.506 e. The van der Waals surface area contributed by atoms with Crippen molar-refractivity contribution >= 4 is 34.4 Å². The van der Waals surface area contributed by atoms with Gasteiger partial charge >= 0.3 is 5.91 Å². The van der Waals surface area contributed by atoms with Gasteiger partial charge in [0.15, 0.2) is 0 Å². The zero-order valence-electron chi connectivity index (χ0n) is 21.4. The van der Waals surface area contributed by atoms with Crippen molar-refractivity contribution < 1.29 is 28.9 Å². The first-order chi connectivity index (χ1) is 18.3. The molecule has 1 aliphatic rings. The summed E-state index contributed by atoms with van der Waals surface area (Å²) in [5.41, 5.74) is 1.97. The normalized spacial score (nSPS) is 16.9. The minimum atomic E-state index is -0.988. The molecule has 3 aromatic carbocycles. The third-order valence-corrected chi connectivity index (χ3v) is 6.28. The highest BCUT2D eigenvalue weighted by molar-refractivity contribution is 6.51. The number of aliphatic hydroxyl groups is 1. The van der Waals surface area contributed by atoms with E-state index < -0.39 is 23.5 Å². The van der Waals surface area contributed by atoms with Gasteiger partial charge in [-0.2, -0.15) is 0 Å². The molecule has 1 atom stereocenters. The number of hydrogen-bond donors (Lipinski definition) is 2. The topological polar surface area (TPSA) is 114 Å². The quantitative estimate of drug-likeness (QED) is 0.203. The van der Waals surface area contributed by atoms with Gasteiger partial charge in [0, 0.05) is 0 Å². The highest BCUT2D eigenvalue weighted by atomic mass is 16.5. The molecule has 2 heterocycles. The van der Waals surface area contributed by atoms with Crippen molar-refractivity contribution in [3.05, 3.63) is 83.4 Å². The van der Waals surface area contributed by atoms with Gasteiger partial charge < -0.3 is 24.3 Å². The smallest absolute Gasteiger partial charge is 0.302 e. The van der Waals surface area contributed by atoms with Crippen LogP contribution in [0.25, 0.3) is 16.8 Å². The fraction of sp³-hybridized carbons (Fsp3) is 0.207. The number of benzene rings is 3. The predicted octanol–water partition coefficient (Wildman–Crippen LogP) is 4.99. The summed E-state index contributed by atoms with van der Waals surface area (Å²) in [6.45, 7) is 3.84. The number of aliphatic hydroxyl groups excluding tert-OH is 1. The number of ketones is 1. The van der Waals surface area contributed by atoms with Crippen LogP contribution in [-0.4, -0.2) is 47.1 Å². The molecule has 1 fully saturated rings. The van der Waals surface area contributed by atoms with Gasteiger partial charge in [0.25, 0.3) is 5.78 Å². The molecule has 2 N–H and O–H groups in total. The molecule has 194 valence electrons. The molecule has 1 unspecified atom stereocenters. The number of hydrogen-bond acceptors (Lipinski definition) is 7. The Kier molecular flexibility index (Phi) is 6.50. The molecule has 1 aromatic heterocycles. The number of imidazole rings is 1. The number of anilines is 1. The lowest BCUT2D eigenvalue weighted by atomic mass is 9.94. The van der Waals surface area contributed by atoms with Crippen molar-refractivity contribution in [2.45, 2.75) is 26.0 Å². The largest absolute Gasteiger partial charge is 0.506 e. The van der Waals surface area contributed by atoms with Gasteiger partial charge in [-0.05, 0) is 55.8 Å². The zero-order chi connectivity index (χ0) is 27.0. The van der Waals surface area contributed by atoms with Gasteiger partial charge in [-0.15, -0.1) is 0 Å². The number of nitrogens with zero attached hydrogens (tertiary/aromatic N) is 2. The van der Waals surface area contributed by atoms with Gasteiger partial charge in [-0.1, -0.05) is 30.3 Å². The van der Waals surface area contributed by atoms with Crippen molar-refractivity contribution in [1.82, 2.24) is 9.97 Å². The summed E-state index contributed by atoms with van der Waals surface area (Å²) in [6, 6.07) is 18.3. The number of aromatic amines is 1. The number of para-hydroxylation sites is 2. The molecule has 0 saturated carbocycles. The zero-order valence-corrected chi connectivity index (χ0v) is 21.4. The first kappa shape index (κ1) is 24.9. The molecule has 0 spiro atoms. The van der Waals surface area contributed by atoms with Gasteiger partial charge in [-0.25, -0.2) is 4.98 Å². The first-order valence-corrected chi connectivity index (χ1v) is 12.1. The molecule has 4 aromatic rings. The van der Waals surface area contributed by atoms with Crippen LogP contribution in [0.5, 0.6) is 17.2 Å². The van der Waals surface area contributed by atoms with Crippen LogP contribution in [0.2, 0.25) is 0 Å². The number of methoxy groups -OCH3 is 2. The summed E-state index contributed by atoms with van der Waals surface area (Å²) in [7, 11) is 2.90. The number of amides is 1. The van der Waals surface area contributed by atoms with Crippen LogP contribution in [0.3, 0.4) is 0 Å². The fourth-order valence-corrected chi connectivity index (χ4v) is 4.64. The lowest BCUT2D eigenvalue weighted by molar-refractivity contribution is -0.132. The summed E-state index contributed by atoms with van der Waals surface area (Å²) in [5, 5.41) is 11.6. The maximum atomic E-state index is 13.6. The molecule has 5 rings (SSSR count). The molecule has 0 aliphatic carbocycles. The number of carbonyl (C=O) groups excluding carboxylic acids is 2. The van der Waals surface area contributed by atoms with Crippen molar-refractivity contribution in [3.8, 4) is 17.2 Å². The lowest BCUT2D eigenvalue weighted by Crippen LogP contribution is -2.30. The molecule has 38 heavy (non-hydrogen) atoms. The van der Waals surface area contributed by atoms with E-state index in [-0.39, 0.29) is 34.7 Å². The Bertz CT molecular complexity index is 1500. The maximum Gasteiger partial charge on any atom is 0.302 e. The van der Waals surface area contributed by atoms with E-state index >= 15 is 0 Å². The SMILES string of the molecule is COc1cccc(OC)c1/C(O)=C1\C(=O)C(=O)N(c2nc3ccccc3[nH]2)C1c1ccc(OC(C)C)cc1. The number of H-pyrrole nitrogens is 1. The number of aromatic nitrogens is 2. The van der Waals surface area contributed by atoms with Gasteiger partial charge in [0.05, 0.1) is 43.0 Å². The summed E-state index contributed by atoms with van der Waals surface area (Å²) < 4.78 is 16.7. The summed E-state index contributed by atoms with van der Waals surface area (Å²) in [6.07, 6.45) is -0.0277. The molecular weight excluding hydrogens is 486 g/mol. The van der Waals surface area contributed by atoms with E-state index in [0.717, 1.165) is 0 Å². The molecule has 1 amide bonds. The molecule has 1 saturated heterocycles. The fourth-order valence-electron chi connectivity index (χ4n) is 4.64. The average Bonchev–Trinajstić information content (AvgIpc) is 3.46. The number of ether oxygens (including phenoxy) is 3. The predicted molar refractivity (Wildman–Crippen MR) is 143 cm³/mol. The Labute approximate surface area is 219 Å². The van der Waals surface area contributed by atoms with Crippen molar-refractivity contribution in [1.29, 1.82) is 0 Å². The van der Waals surface area contributed by atoms with Crippen LogP contribution in [0.4, 0.5) is 5.95 Å². The van der Waals surface area contributed by atoms with Gasteiger partial charge in [-0.3, -0.25) is 14.5 Å². The van der Waals surface area contributed by atoms with E-state index in [0.29, 0.717) is 22.3 Å². The monoisotopic (exact) mass is 513 g/mol. The van der Waals surface area contributed by atoms with E-state index in [1.54, 1.807) is 48.5 Å². The van der Waals surface area contributed by atoms with Crippen molar-refractivity contribution in [2.24, 2.45) is 0 Å². The lowest BCUT2D eigenvalue weighted by Gasteiger charge is -2.24. The molecule has 1 aliphatic heterocycles. The van der Waals surface area contributed by atoms with Crippen LogP contribution in [0, 0.1) is 0 Å². The Balaban J connectivity index is 1.74. The minimum absolute atomic E-state index is 0.0277. The number of rotatable bonds is 7. The highest BCUT2D eigenvalue weighted by Crippen LogP contribution is 2.45. The first-order valence-electron chi connectivity index (χ1n) is 12.1. The Morgan fingerprint density at radius 1 is 0.947 bits per heavy atom. The molecule has 0 radical (unpaired) electrons. The van der Waals surface area contributed by atoms with E-state index in [1.165, 1.54) is 19.1 Å². The summed E-state index contributed by atoms with van der Waals surface area (Å²) in [4.78, 5) is 36.0. The average molecular weight is 514 g/mol. The second-order valence-corrected chi connectivity index (χ2v) is 9.02.